The highest BCUT2D eigenvalue weighted by Crippen LogP contribution is 2.16. The summed E-state index contributed by atoms with van der Waals surface area (Å²) in [5.74, 6) is -0.892. The second-order valence-electron chi connectivity index (χ2n) is 18.5. The van der Waals surface area contributed by atoms with Crippen LogP contribution in [0.2, 0.25) is 0 Å². The molecule has 0 N–H and O–H groups in total. The van der Waals surface area contributed by atoms with Gasteiger partial charge >= 0.3 is 17.9 Å². The molecule has 0 fully saturated rings. The van der Waals surface area contributed by atoms with Gasteiger partial charge < -0.3 is 14.2 Å². The third kappa shape index (κ3) is 51.9. The number of unbranched alkanes of at least 4 members (excludes halogenated alkanes) is 29. The number of allylic oxidation sites excluding steroid dienone is 10. The Kier molecular flexibility index (Phi) is 51.3. The fraction of sp³-hybridized carbons (Fsp3) is 0.780. The maximum absolute atomic E-state index is 12.8. The van der Waals surface area contributed by atoms with Crippen molar-refractivity contribution in [3.05, 3.63) is 60.8 Å². The van der Waals surface area contributed by atoms with Crippen LogP contribution in [0.1, 0.15) is 278 Å². The third-order valence-electron chi connectivity index (χ3n) is 12.0. The number of ether oxygens (including phenoxy) is 3. The largest absolute Gasteiger partial charge is 0.462 e. The molecule has 0 radical (unpaired) electrons. The topological polar surface area (TPSA) is 78.9 Å². The maximum atomic E-state index is 12.8. The Morgan fingerprint density at radius 2 is 0.600 bits per heavy atom. The molecule has 0 bridgehead atoms. The monoisotopic (exact) mass is 909 g/mol. The number of hydrogen-bond acceptors (Lipinski definition) is 6. The molecule has 65 heavy (non-hydrogen) atoms. The minimum absolute atomic E-state index is 0.0792. The fourth-order valence-electron chi connectivity index (χ4n) is 7.84. The molecule has 0 aliphatic heterocycles. The van der Waals surface area contributed by atoms with Crippen molar-refractivity contribution in [2.24, 2.45) is 0 Å². The number of carbonyl (C=O) groups excluding carboxylic acids is 3. The number of rotatable bonds is 50. The van der Waals surface area contributed by atoms with Crippen LogP contribution in [0.5, 0.6) is 0 Å². The number of hydrogen-bond donors (Lipinski definition) is 0. The van der Waals surface area contributed by atoms with Gasteiger partial charge in [-0.25, -0.2) is 0 Å². The van der Waals surface area contributed by atoms with E-state index in [1.807, 2.05) is 0 Å². The summed E-state index contributed by atoms with van der Waals surface area (Å²) in [7, 11) is 0. The Morgan fingerprint density at radius 3 is 0.969 bits per heavy atom. The molecular weight excluding hydrogens is 805 g/mol. The minimum atomic E-state index is -0.781. The van der Waals surface area contributed by atoms with Crippen molar-refractivity contribution in [2.45, 2.75) is 284 Å². The number of esters is 3. The summed E-state index contributed by atoms with van der Waals surface area (Å²) >= 11 is 0. The van der Waals surface area contributed by atoms with E-state index in [-0.39, 0.29) is 31.1 Å². The first-order valence-electron chi connectivity index (χ1n) is 27.8. The molecule has 6 heteroatoms. The predicted octanol–water partition coefficient (Wildman–Crippen LogP) is 18.4. The molecule has 0 heterocycles. The lowest BCUT2D eigenvalue weighted by Crippen LogP contribution is -2.30. The summed E-state index contributed by atoms with van der Waals surface area (Å²) in [6.45, 7) is 6.50. The molecule has 376 valence electrons. The van der Waals surface area contributed by atoms with Crippen molar-refractivity contribution in [1.29, 1.82) is 0 Å². The second kappa shape index (κ2) is 53.7. The first-order chi connectivity index (χ1) is 32.0. The Hall–Kier alpha value is -2.89. The quantitative estimate of drug-likeness (QED) is 0.0262. The van der Waals surface area contributed by atoms with Crippen LogP contribution in [-0.2, 0) is 28.6 Å². The Labute approximate surface area is 402 Å². The third-order valence-corrected chi connectivity index (χ3v) is 12.0. The molecule has 1 atom stereocenters. The highest BCUT2D eigenvalue weighted by Gasteiger charge is 2.19. The Morgan fingerprint density at radius 1 is 0.323 bits per heavy atom. The molecule has 0 spiro atoms. The van der Waals surface area contributed by atoms with E-state index < -0.39 is 6.10 Å². The summed E-state index contributed by atoms with van der Waals surface area (Å²) in [4.78, 5) is 38.1. The number of carbonyl (C=O) groups is 3. The van der Waals surface area contributed by atoms with Gasteiger partial charge in [0.15, 0.2) is 6.10 Å². The van der Waals surface area contributed by atoms with Crippen LogP contribution in [0.25, 0.3) is 0 Å². The summed E-state index contributed by atoms with van der Waals surface area (Å²) < 4.78 is 16.8. The Balaban J connectivity index is 4.38. The summed E-state index contributed by atoms with van der Waals surface area (Å²) in [6, 6.07) is 0. The summed E-state index contributed by atoms with van der Waals surface area (Å²) in [5, 5.41) is 0. The SMILES string of the molecule is CC/C=C\C/C=C\C/C=C\CCCCCCCC(=O)OC[C@H](COC(=O)CCCCCCCCCCCCCCC)OC(=O)CCCCCCCCCCC/C=C\C/C=C\CCCCC. The van der Waals surface area contributed by atoms with Crippen LogP contribution in [0.15, 0.2) is 60.8 Å². The van der Waals surface area contributed by atoms with E-state index in [0.717, 1.165) is 103 Å². The van der Waals surface area contributed by atoms with Crippen molar-refractivity contribution in [2.75, 3.05) is 13.2 Å². The standard InChI is InChI=1S/C59H104O6/c1-4-7-10-13-16-19-22-25-27-28-29-30-32-35-38-41-44-47-50-53-59(62)65-56(54-63-57(60)51-48-45-42-39-36-33-24-21-18-15-12-9-6-3)55-64-58(61)52-49-46-43-40-37-34-31-26-23-20-17-14-11-8-5-2/h8,11,16-17,19-20,25-27,31,56H,4-7,9-10,12-15,18,21-24,28-30,32-55H2,1-3H3/b11-8-,19-16-,20-17-,27-25-,31-26-/t56-/m0/s1. The molecule has 0 rings (SSSR count). The van der Waals surface area contributed by atoms with Crippen molar-refractivity contribution in [3.63, 3.8) is 0 Å². The molecule has 0 aromatic heterocycles. The lowest BCUT2D eigenvalue weighted by atomic mass is 10.0. The van der Waals surface area contributed by atoms with Crippen LogP contribution in [-0.4, -0.2) is 37.2 Å². The zero-order valence-electron chi connectivity index (χ0n) is 43.0. The zero-order chi connectivity index (χ0) is 47.2. The van der Waals surface area contributed by atoms with Gasteiger partial charge in [-0.1, -0.05) is 236 Å². The molecule has 0 aliphatic rings. The van der Waals surface area contributed by atoms with E-state index in [2.05, 4.69) is 81.5 Å². The first-order valence-corrected chi connectivity index (χ1v) is 27.8. The van der Waals surface area contributed by atoms with Crippen molar-refractivity contribution in [1.82, 2.24) is 0 Å². The van der Waals surface area contributed by atoms with Crippen molar-refractivity contribution >= 4 is 17.9 Å². The smallest absolute Gasteiger partial charge is 0.306 e. The molecule has 0 unspecified atom stereocenters. The molecule has 0 amide bonds. The van der Waals surface area contributed by atoms with Crippen molar-refractivity contribution in [3.8, 4) is 0 Å². The van der Waals surface area contributed by atoms with Gasteiger partial charge in [-0.2, -0.15) is 0 Å². The molecule has 0 aliphatic carbocycles. The van der Waals surface area contributed by atoms with E-state index in [9.17, 15) is 14.4 Å². The highest BCUT2D eigenvalue weighted by atomic mass is 16.6. The van der Waals surface area contributed by atoms with Crippen LogP contribution < -0.4 is 0 Å². The predicted molar refractivity (Wildman–Crippen MR) is 279 cm³/mol. The van der Waals surface area contributed by atoms with Gasteiger partial charge in [0.1, 0.15) is 13.2 Å². The average molecular weight is 909 g/mol. The highest BCUT2D eigenvalue weighted by molar-refractivity contribution is 5.71. The molecule has 0 aromatic carbocycles. The van der Waals surface area contributed by atoms with Gasteiger partial charge in [-0.05, 0) is 83.5 Å². The van der Waals surface area contributed by atoms with Gasteiger partial charge in [-0.3, -0.25) is 14.4 Å². The van der Waals surface area contributed by atoms with Crippen LogP contribution in [0.3, 0.4) is 0 Å². The summed E-state index contributed by atoms with van der Waals surface area (Å²) in [6.07, 6.45) is 66.3. The van der Waals surface area contributed by atoms with Crippen LogP contribution in [0, 0.1) is 0 Å². The molecular formula is C59H104O6. The minimum Gasteiger partial charge on any atom is -0.462 e. The Bertz CT molecular complexity index is 1180. The van der Waals surface area contributed by atoms with Crippen LogP contribution in [0.4, 0.5) is 0 Å². The second-order valence-corrected chi connectivity index (χ2v) is 18.5. The molecule has 0 saturated heterocycles. The normalized spacial score (nSPS) is 12.5. The van der Waals surface area contributed by atoms with Crippen LogP contribution >= 0.6 is 0 Å². The van der Waals surface area contributed by atoms with Gasteiger partial charge in [0.05, 0.1) is 0 Å². The molecule has 6 nitrogen and oxygen atoms in total. The summed E-state index contributed by atoms with van der Waals surface area (Å²) in [5.41, 5.74) is 0. The first kappa shape index (κ1) is 62.1. The maximum Gasteiger partial charge on any atom is 0.306 e. The lowest BCUT2D eigenvalue weighted by Gasteiger charge is -2.18. The van der Waals surface area contributed by atoms with E-state index in [0.29, 0.717) is 19.3 Å². The van der Waals surface area contributed by atoms with E-state index >= 15 is 0 Å². The molecule has 0 saturated carbocycles. The zero-order valence-corrected chi connectivity index (χ0v) is 43.0. The fourth-order valence-corrected chi connectivity index (χ4v) is 7.84. The van der Waals surface area contributed by atoms with Gasteiger partial charge in [0.2, 0.25) is 0 Å². The molecule has 0 aromatic rings. The lowest BCUT2D eigenvalue weighted by molar-refractivity contribution is -0.167. The van der Waals surface area contributed by atoms with Crippen molar-refractivity contribution < 1.29 is 28.6 Å². The van der Waals surface area contributed by atoms with Gasteiger partial charge in [-0.15, -0.1) is 0 Å². The van der Waals surface area contributed by atoms with E-state index in [1.165, 1.54) is 135 Å². The van der Waals surface area contributed by atoms with Gasteiger partial charge in [0, 0.05) is 19.3 Å². The average Bonchev–Trinajstić information content (AvgIpc) is 3.30. The van der Waals surface area contributed by atoms with E-state index in [4.69, 9.17) is 14.2 Å². The van der Waals surface area contributed by atoms with Gasteiger partial charge in [0.25, 0.3) is 0 Å². The van der Waals surface area contributed by atoms with E-state index in [1.54, 1.807) is 0 Å².